The molecular formula is C38H45N3O2. The summed E-state index contributed by atoms with van der Waals surface area (Å²) < 4.78 is 6.00. The highest BCUT2D eigenvalue weighted by Gasteiger charge is 2.43. The maximum Gasteiger partial charge on any atom is 0.217 e. The zero-order valence-electron chi connectivity index (χ0n) is 26.3. The lowest BCUT2D eigenvalue weighted by molar-refractivity contribution is 0.00397. The van der Waals surface area contributed by atoms with Gasteiger partial charge < -0.3 is 19.6 Å². The summed E-state index contributed by atoms with van der Waals surface area (Å²) in [5, 5.41) is 16.5. The van der Waals surface area contributed by atoms with Crippen molar-refractivity contribution in [1.82, 2.24) is 14.8 Å². The van der Waals surface area contributed by atoms with Crippen LogP contribution in [0.3, 0.4) is 0 Å². The number of nitrogens with zero attached hydrogens (tertiary/aromatic N) is 3. The van der Waals surface area contributed by atoms with Crippen molar-refractivity contribution >= 4 is 21.7 Å². The number of hydrogen-bond acceptors (Lipinski definition) is 5. The average Bonchev–Trinajstić information content (AvgIpc) is 3.03. The SMILES string of the molecule is CCN(C)CCC(O)(c1cccc2ccccc12)C(c1ccccc1)c1cc2cc(CCCN(C)C)ccc2nc1OC. The molecule has 5 rings (SSSR count). The molecular weight excluding hydrogens is 530 g/mol. The fourth-order valence-corrected chi connectivity index (χ4v) is 6.26. The van der Waals surface area contributed by atoms with Crippen LogP contribution >= 0.6 is 0 Å². The van der Waals surface area contributed by atoms with Crippen LogP contribution in [0.4, 0.5) is 0 Å². The highest BCUT2D eigenvalue weighted by Crippen LogP contribution is 2.49. The van der Waals surface area contributed by atoms with Gasteiger partial charge in [0.25, 0.3) is 0 Å². The second kappa shape index (κ2) is 13.7. The molecule has 0 fully saturated rings. The van der Waals surface area contributed by atoms with Crippen LogP contribution in [0.1, 0.15) is 47.9 Å². The highest BCUT2D eigenvalue weighted by molar-refractivity contribution is 5.87. The number of hydrogen-bond donors (Lipinski definition) is 1. The number of ether oxygens (including phenoxy) is 1. The maximum atomic E-state index is 13.3. The molecule has 0 aliphatic heterocycles. The van der Waals surface area contributed by atoms with Crippen molar-refractivity contribution in [2.24, 2.45) is 0 Å². The number of pyridine rings is 1. The number of methoxy groups -OCH3 is 1. The van der Waals surface area contributed by atoms with Gasteiger partial charge >= 0.3 is 0 Å². The lowest BCUT2D eigenvalue weighted by Gasteiger charge is -2.39. The van der Waals surface area contributed by atoms with Crippen LogP contribution < -0.4 is 4.74 Å². The Kier molecular flexibility index (Phi) is 9.76. The van der Waals surface area contributed by atoms with Crippen LogP contribution in [0.15, 0.2) is 97.1 Å². The van der Waals surface area contributed by atoms with E-state index in [9.17, 15) is 5.11 Å². The van der Waals surface area contributed by atoms with Gasteiger partial charge in [0.15, 0.2) is 0 Å². The number of aromatic nitrogens is 1. The molecule has 224 valence electrons. The summed E-state index contributed by atoms with van der Waals surface area (Å²) in [7, 11) is 8.01. The van der Waals surface area contributed by atoms with Crippen molar-refractivity contribution in [3.05, 3.63) is 119 Å². The van der Waals surface area contributed by atoms with Gasteiger partial charge in [-0.1, -0.05) is 85.8 Å². The Hall–Kier alpha value is -3.77. The van der Waals surface area contributed by atoms with Crippen LogP contribution in [0.25, 0.3) is 21.7 Å². The van der Waals surface area contributed by atoms with Crippen LogP contribution in [-0.4, -0.2) is 67.8 Å². The molecule has 0 radical (unpaired) electrons. The standard InChI is InChI=1S/C38H45N3O2/c1-6-41(4)25-23-38(42,34-20-12-18-29-15-10-11-19-32(29)34)36(30-16-8-7-9-17-30)33-27-31-26-28(14-13-24-40(2)3)21-22-35(31)39-37(33)43-5/h7-12,15-22,26-27,36,42H,6,13-14,23-25H2,1-5H3. The predicted molar refractivity (Wildman–Crippen MR) is 179 cm³/mol. The van der Waals surface area contributed by atoms with Crippen LogP contribution in [0, 0.1) is 0 Å². The van der Waals surface area contributed by atoms with E-state index in [0.717, 1.165) is 70.8 Å². The van der Waals surface area contributed by atoms with Crippen molar-refractivity contribution in [1.29, 1.82) is 0 Å². The quantitative estimate of drug-likeness (QED) is 0.160. The van der Waals surface area contributed by atoms with Crippen molar-refractivity contribution in [3.63, 3.8) is 0 Å². The molecule has 0 saturated heterocycles. The topological polar surface area (TPSA) is 48.8 Å². The van der Waals surface area contributed by atoms with E-state index < -0.39 is 11.5 Å². The average molecular weight is 576 g/mol. The van der Waals surface area contributed by atoms with Gasteiger partial charge in [0.1, 0.15) is 5.60 Å². The molecule has 0 spiro atoms. The lowest BCUT2D eigenvalue weighted by Crippen LogP contribution is -2.38. The monoisotopic (exact) mass is 575 g/mol. The molecule has 0 bridgehead atoms. The fourth-order valence-electron chi connectivity index (χ4n) is 6.26. The maximum absolute atomic E-state index is 13.3. The summed E-state index contributed by atoms with van der Waals surface area (Å²) in [6, 6.07) is 33.7. The minimum Gasteiger partial charge on any atom is -0.481 e. The highest BCUT2D eigenvalue weighted by atomic mass is 16.5. The Morgan fingerprint density at radius 1 is 0.837 bits per heavy atom. The molecule has 5 nitrogen and oxygen atoms in total. The van der Waals surface area contributed by atoms with Crippen molar-refractivity contribution in [3.8, 4) is 5.88 Å². The predicted octanol–water partition coefficient (Wildman–Crippen LogP) is 7.25. The van der Waals surface area contributed by atoms with Gasteiger partial charge in [-0.15, -0.1) is 0 Å². The number of aliphatic hydroxyl groups is 1. The smallest absolute Gasteiger partial charge is 0.217 e. The molecule has 4 aromatic carbocycles. The second-order valence-electron chi connectivity index (χ2n) is 12.0. The molecule has 2 atom stereocenters. The van der Waals surface area contributed by atoms with E-state index in [1.807, 2.05) is 18.2 Å². The van der Waals surface area contributed by atoms with Gasteiger partial charge in [0.05, 0.1) is 12.6 Å². The number of aryl methyl sites for hydroxylation is 1. The molecule has 43 heavy (non-hydrogen) atoms. The molecule has 0 saturated carbocycles. The summed E-state index contributed by atoms with van der Waals surface area (Å²) >= 11 is 0. The first-order valence-electron chi connectivity index (χ1n) is 15.4. The van der Waals surface area contributed by atoms with E-state index in [1.165, 1.54) is 5.56 Å². The van der Waals surface area contributed by atoms with Crippen molar-refractivity contribution in [2.45, 2.75) is 37.7 Å². The van der Waals surface area contributed by atoms with Gasteiger partial charge in [0, 0.05) is 23.4 Å². The van der Waals surface area contributed by atoms with E-state index in [-0.39, 0.29) is 0 Å². The fraction of sp³-hybridized carbons (Fsp3) is 0.342. The molecule has 1 aromatic heterocycles. The zero-order chi connectivity index (χ0) is 30.4. The molecule has 1 heterocycles. The van der Waals surface area contributed by atoms with Gasteiger partial charge in [-0.2, -0.15) is 0 Å². The third kappa shape index (κ3) is 6.75. The summed E-state index contributed by atoms with van der Waals surface area (Å²) in [5.74, 6) is 0.123. The van der Waals surface area contributed by atoms with E-state index in [2.05, 4.69) is 117 Å². The zero-order valence-corrected chi connectivity index (χ0v) is 26.3. The molecule has 1 N–H and O–H groups in total. The first-order chi connectivity index (χ1) is 20.8. The lowest BCUT2D eigenvalue weighted by atomic mass is 9.70. The third-order valence-electron chi connectivity index (χ3n) is 8.73. The third-order valence-corrected chi connectivity index (χ3v) is 8.73. The van der Waals surface area contributed by atoms with Gasteiger partial charge in [0.2, 0.25) is 5.88 Å². The van der Waals surface area contributed by atoms with Crippen LogP contribution in [0.5, 0.6) is 5.88 Å². The van der Waals surface area contributed by atoms with E-state index in [1.54, 1.807) is 7.11 Å². The molecule has 0 aliphatic carbocycles. The van der Waals surface area contributed by atoms with E-state index in [0.29, 0.717) is 12.3 Å². The molecule has 2 unspecified atom stereocenters. The summed E-state index contributed by atoms with van der Waals surface area (Å²) in [5.41, 5.74) is 3.77. The van der Waals surface area contributed by atoms with Crippen LogP contribution in [0.2, 0.25) is 0 Å². The number of rotatable bonds is 13. The minimum atomic E-state index is -1.25. The van der Waals surface area contributed by atoms with Crippen molar-refractivity contribution in [2.75, 3.05) is 47.9 Å². The first kappa shape index (κ1) is 30.7. The number of benzene rings is 4. The Bertz CT molecular complexity index is 1650. The molecule has 5 aromatic rings. The largest absolute Gasteiger partial charge is 0.481 e. The Morgan fingerprint density at radius 2 is 1.58 bits per heavy atom. The summed E-state index contributed by atoms with van der Waals surface area (Å²) in [6.07, 6.45) is 2.63. The Balaban J connectivity index is 1.74. The van der Waals surface area contributed by atoms with Gasteiger partial charge in [-0.25, -0.2) is 4.98 Å². The second-order valence-corrected chi connectivity index (χ2v) is 12.0. The van der Waals surface area contributed by atoms with Gasteiger partial charge in [-0.3, -0.25) is 0 Å². The normalized spacial score (nSPS) is 14.0. The van der Waals surface area contributed by atoms with Crippen molar-refractivity contribution < 1.29 is 9.84 Å². The molecule has 0 aliphatic rings. The Labute approximate surface area is 256 Å². The minimum absolute atomic E-state index is 0.422. The first-order valence-corrected chi connectivity index (χ1v) is 15.4. The number of fused-ring (bicyclic) bond motifs is 2. The Morgan fingerprint density at radius 3 is 2.33 bits per heavy atom. The summed E-state index contributed by atoms with van der Waals surface area (Å²) in [6.45, 7) is 4.83. The van der Waals surface area contributed by atoms with Crippen LogP contribution in [-0.2, 0) is 12.0 Å². The molecule has 5 heteroatoms. The summed E-state index contributed by atoms with van der Waals surface area (Å²) in [4.78, 5) is 9.50. The molecule has 0 amide bonds. The van der Waals surface area contributed by atoms with Gasteiger partial charge in [-0.05, 0) is 99.2 Å². The van der Waals surface area contributed by atoms with E-state index in [4.69, 9.17) is 9.72 Å². The van der Waals surface area contributed by atoms with E-state index >= 15 is 0 Å².